The summed E-state index contributed by atoms with van der Waals surface area (Å²) in [6.45, 7) is 4.01. The minimum Gasteiger partial charge on any atom is -0.353 e. The largest absolute Gasteiger partial charge is 0.353 e. The van der Waals surface area contributed by atoms with Gasteiger partial charge in [0.1, 0.15) is 0 Å². The Hall–Kier alpha value is -2.88. The second kappa shape index (κ2) is 5.63. The van der Waals surface area contributed by atoms with Gasteiger partial charge in [0.15, 0.2) is 0 Å². The molecule has 0 spiro atoms. The van der Waals surface area contributed by atoms with E-state index in [-0.39, 0.29) is 5.91 Å². The molecule has 0 aliphatic heterocycles. The standard InChI is InChI=1S/C17H15N3O/c1-2-9-18-17(21)8-7-12-10-14-13-5-3-4-6-15(13)20-16(14)11-19-12/h2-8,10-11,20H,1,9H2,(H,18,21)/b8-7+. The molecule has 0 saturated heterocycles. The van der Waals surface area contributed by atoms with Crippen LogP contribution in [0.4, 0.5) is 0 Å². The van der Waals surface area contributed by atoms with E-state index >= 15 is 0 Å². The van der Waals surface area contributed by atoms with E-state index in [0.717, 1.165) is 27.5 Å². The van der Waals surface area contributed by atoms with Crippen LogP contribution >= 0.6 is 0 Å². The lowest BCUT2D eigenvalue weighted by Gasteiger charge is -1.96. The summed E-state index contributed by atoms with van der Waals surface area (Å²) in [5, 5.41) is 4.94. The van der Waals surface area contributed by atoms with Gasteiger partial charge in [-0.1, -0.05) is 24.3 Å². The van der Waals surface area contributed by atoms with Crippen molar-refractivity contribution in [3.63, 3.8) is 0 Å². The fraction of sp³-hybridized carbons (Fsp3) is 0.0588. The molecule has 1 amide bonds. The van der Waals surface area contributed by atoms with Gasteiger partial charge in [0.2, 0.25) is 5.91 Å². The van der Waals surface area contributed by atoms with Gasteiger partial charge in [0.05, 0.1) is 17.4 Å². The number of hydrogen-bond acceptors (Lipinski definition) is 2. The summed E-state index contributed by atoms with van der Waals surface area (Å²) in [6, 6.07) is 10.1. The molecule has 3 rings (SSSR count). The number of rotatable bonds is 4. The van der Waals surface area contributed by atoms with Crippen LogP contribution in [-0.4, -0.2) is 22.4 Å². The number of H-pyrrole nitrogens is 1. The summed E-state index contributed by atoms with van der Waals surface area (Å²) < 4.78 is 0. The minimum absolute atomic E-state index is 0.157. The van der Waals surface area contributed by atoms with Crippen molar-refractivity contribution in [3.05, 3.63) is 61.0 Å². The SMILES string of the molecule is C=CCNC(=O)/C=C/c1cc2c(cn1)[nH]c1ccccc12. The highest BCUT2D eigenvalue weighted by atomic mass is 16.1. The molecule has 2 heterocycles. The summed E-state index contributed by atoms with van der Waals surface area (Å²) in [7, 11) is 0. The molecule has 0 aliphatic carbocycles. The van der Waals surface area contributed by atoms with Gasteiger partial charge in [-0.3, -0.25) is 9.78 Å². The Morgan fingerprint density at radius 1 is 1.29 bits per heavy atom. The van der Waals surface area contributed by atoms with Crippen LogP contribution < -0.4 is 5.32 Å². The molecular weight excluding hydrogens is 262 g/mol. The average molecular weight is 277 g/mol. The maximum atomic E-state index is 11.5. The summed E-state index contributed by atoms with van der Waals surface area (Å²) in [6.07, 6.45) is 6.62. The number of aromatic amines is 1. The number of nitrogens with one attached hydrogen (secondary N) is 2. The van der Waals surface area contributed by atoms with Crippen LogP contribution in [0.15, 0.2) is 55.3 Å². The summed E-state index contributed by atoms with van der Waals surface area (Å²) in [5.74, 6) is -0.157. The lowest BCUT2D eigenvalue weighted by Crippen LogP contribution is -2.20. The first kappa shape index (κ1) is 13.1. The van der Waals surface area contributed by atoms with Gasteiger partial charge >= 0.3 is 0 Å². The second-order valence-corrected chi connectivity index (χ2v) is 4.69. The molecule has 0 fully saturated rings. The summed E-state index contributed by atoms with van der Waals surface area (Å²) >= 11 is 0. The number of fused-ring (bicyclic) bond motifs is 3. The molecule has 0 aliphatic rings. The maximum Gasteiger partial charge on any atom is 0.244 e. The normalized spacial score (nSPS) is 11.2. The van der Waals surface area contributed by atoms with Crippen molar-refractivity contribution in [1.29, 1.82) is 0 Å². The zero-order valence-electron chi connectivity index (χ0n) is 11.5. The van der Waals surface area contributed by atoms with Crippen LogP contribution in [0.25, 0.3) is 27.9 Å². The fourth-order valence-electron chi connectivity index (χ4n) is 2.25. The molecule has 4 nitrogen and oxygen atoms in total. The first-order chi connectivity index (χ1) is 10.3. The molecular formula is C17H15N3O. The van der Waals surface area contributed by atoms with Gasteiger partial charge in [-0.2, -0.15) is 0 Å². The van der Waals surface area contributed by atoms with Crippen LogP contribution in [0.5, 0.6) is 0 Å². The molecule has 3 aromatic rings. The third-order valence-corrected chi connectivity index (χ3v) is 3.24. The number of para-hydroxylation sites is 1. The summed E-state index contributed by atoms with van der Waals surface area (Å²) in [5.41, 5.74) is 2.82. The first-order valence-corrected chi connectivity index (χ1v) is 6.71. The molecule has 0 unspecified atom stereocenters. The monoisotopic (exact) mass is 277 g/mol. The number of amides is 1. The molecule has 0 atom stereocenters. The Morgan fingerprint density at radius 2 is 2.14 bits per heavy atom. The van der Waals surface area contributed by atoms with Gasteiger partial charge in [0, 0.05) is 28.9 Å². The molecule has 0 saturated carbocycles. The molecule has 2 N–H and O–H groups in total. The predicted molar refractivity (Wildman–Crippen MR) is 85.8 cm³/mol. The van der Waals surface area contributed by atoms with Crippen molar-refractivity contribution >= 4 is 33.8 Å². The van der Waals surface area contributed by atoms with E-state index in [1.807, 2.05) is 24.3 Å². The van der Waals surface area contributed by atoms with E-state index in [1.54, 1.807) is 18.3 Å². The third-order valence-electron chi connectivity index (χ3n) is 3.24. The molecule has 4 heteroatoms. The Bertz CT molecular complexity index is 845. The number of nitrogens with zero attached hydrogens (tertiary/aromatic N) is 1. The number of pyridine rings is 1. The quantitative estimate of drug-likeness (QED) is 0.569. The van der Waals surface area contributed by atoms with Crippen molar-refractivity contribution in [2.24, 2.45) is 0 Å². The van der Waals surface area contributed by atoms with Gasteiger partial charge in [-0.25, -0.2) is 0 Å². The zero-order valence-corrected chi connectivity index (χ0v) is 11.5. The molecule has 0 radical (unpaired) electrons. The number of carbonyl (C=O) groups excluding carboxylic acids is 1. The van der Waals surface area contributed by atoms with Crippen molar-refractivity contribution in [1.82, 2.24) is 15.3 Å². The van der Waals surface area contributed by atoms with Crippen molar-refractivity contribution in [3.8, 4) is 0 Å². The maximum absolute atomic E-state index is 11.5. The van der Waals surface area contributed by atoms with E-state index in [9.17, 15) is 4.79 Å². The topological polar surface area (TPSA) is 57.8 Å². The Labute approximate surface area is 122 Å². The number of carbonyl (C=O) groups is 1. The highest BCUT2D eigenvalue weighted by Crippen LogP contribution is 2.25. The van der Waals surface area contributed by atoms with Gasteiger partial charge < -0.3 is 10.3 Å². The third kappa shape index (κ3) is 2.69. The highest BCUT2D eigenvalue weighted by molar-refractivity contribution is 6.07. The number of benzene rings is 1. The molecule has 21 heavy (non-hydrogen) atoms. The second-order valence-electron chi connectivity index (χ2n) is 4.69. The van der Waals surface area contributed by atoms with Gasteiger partial charge in [-0.15, -0.1) is 6.58 Å². The van der Waals surface area contributed by atoms with E-state index in [0.29, 0.717) is 6.54 Å². The van der Waals surface area contributed by atoms with E-state index in [2.05, 4.69) is 27.9 Å². The molecule has 104 valence electrons. The van der Waals surface area contributed by atoms with Gasteiger partial charge in [0.25, 0.3) is 0 Å². The van der Waals surface area contributed by atoms with Crippen LogP contribution in [-0.2, 0) is 4.79 Å². The first-order valence-electron chi connectivity index (χ1n) is 6.71. The van der Waals surface area contributed by atoms with Crippen molar-refractivity contribution in [2.75, 3.05) is 6.54 Å². The van der Waals surface area contributed by atoms with Crippen LogP contribution in [0.1, 0.15) is 5.69 Å². The van der Waals surface area contributed by atoms with Gasteiger partial charge in [-0.05, 0) is 18.2 Å². The van der Waals surface area contributed by atoms with Crippen molar-refractivity contribution in [2.45, 2.75) is 0 Å². The minimum atomic E-state index is -0.157. The zero-order chi connectivity index (χ0) is 14.7. The van der Waals surface area contributed by atoms with Crippen LogP contribution in [0.3, 0.4) is 0 Å². The number of hydrogen-bond donors (Lipinski definition) is 2. The Kier molecular flexibility index (Phi) is 3.51. The molecule has 2 aromatic heterocycles. The van der Waals surface area contributed by atoms with Crippen LogP contribution in [0, 0.1) is 0 Å². The van der Waals surface area contributed by atoms with E-state index < -0.39 is 0 Å². The Morgan fingerprint density at radius 3 is 3.00 bits per heavy atom. The average Bonchev–Trinajstić information content (AvgIpc) is 2.89. The Balaban J connectivity index is 1.93. The molecule has 0 bridgehead atoms. The predicted octanol–water partition coefficient (Wildman–Crippen LogP) is 3.03. The van der Waals surface area contributed by atoms with Crippen LogP contribution in [0.2, 0.25) is 0 Å². The summed E-state index contributed by atoms with van der Waals surface area (Å²) in [4.78, 5) is 19.2. The highest BCUT2D eigenvalue weighted by Gasteiger charge is 2.04. The lowest BCUT2D eigenvalue weighted by atomic mass is 10.1. The van der Waals surface area contributed by atoms with E-state index in [1.165, 1.54) is 6.08 Å². The fourth-order valence-corrected chi connectivity index (χ4v) is 2.25. The van der Waals surface area contributed by atoms with E-state index in [4.69, 9.17) is 0 Å². The smallest absolute Gasteiger partial charge is 0.244 e. The molecule has 1 aromatic carbocycles. The number of aromatic nitrogens is 2. The lowest BCUT2D eigenvalue weighted by molar-refractivity contribution is -0.116. The van der Waals surface area contributed by atoms with Crippen molar-refractivity contribution < 1.29 is 4.79 Å².